The van der Waals surface area contributed by atoms with Gasteiger partial charge >= 0.3 is 6.03 Å². The standard InChI is InChI=1S/C18H22N2O3S/c21-18(19-9-4-10-22-13-14-5-3-11-23-14)20-16-8-12-24-17-7-2-1-6-15(16)17/h1-3,5-7,11,16H,4,8-10,12-13H2,(H2,19,20,21)/t16-/m0/s1. The number of hydrogen-bond acceptors (Lipinski definition) is 4. The summed E-state index contributed by atoms with van der Waals surface area (Å²) in [6.45, 7) is 1.65. The van der Waals surface area contributed by atoms with Gasteiger partial charge in [-0.1, -0.05) is 18.2 Å². The Morgan fingerprint density at radius 1 is 1.29 bits per heavy atom. The maximum atomic E-state index is 12.1. The van der Waals surface area contributed by atoms with E-state index in [2.05, 4.69) is 22.8 Å². The number of furan rings is 1. The molecule has 2 heterocycles. The molecule has 1 aliphatic rings. The number of carbonyl (C=O) groups is 1. The van der Waals surface area contributed by atoms with Gasteiger partial charge in [-0.05, 0) is 36.6 Å². The Hall–Kier alpha value is -1.92. The molecule has 1 aromatic heterocycles. The summed E-state index contributed by atoms with van der Waals surface area (Å²) in [5, 5.41) is 5.96. The van der Waals surface area contributed by atoms with Crippen LogP contribution >= 0.6 is 11.8 Å². The van der Waals surface area contributed by atoms with Crippen molar-refractivity contribution in [3.8, 4) is 0 Å². The van der Waals surface area contributed by atoms with Crippen molar-refractivity contribution >= 4 is 17.8 Å². The van der Waals surface area contributed by atoms with E-state index < -0.39 is 0 Å². The summed E-state index contributed by atoms with van der Waals surface area (Å²) in [7, 11) is 0. The van der Waals surface area contributed by atoms with Gasteiger partial charge in [0.15, 0.2) is 0 Å². The topological polar surface area (TPSA) is 63.5 Å². The zero-order valence-electron chi connectivity index (χ0n) is 13.5. The van der Waals surface area contributed by atoms with Crippen molar-refractivity contribution in [2.24, 2.45) is 0 Å². The Bertz CT molecular complexity index is 645. The molecule has 0 radical (unpaired) electrons. The first-order chi connectivity index (χ1) is 11.8. The molecule has 0 saturated carbocycles. The zero-order valence-corrected chi connectivity index (χ0v) is 14.3. The molecule has 0 bridgehead atoms. The molecule has 1 aliphatic heterocycles. The average molecular weight is 346 g/mol. The van der Waals surface area contributed by atoms with E-state index in [0.717, 1.165) is 24.4 Å². The highest BCUT2D eigenvalue weighted by molar-refractivity contribution is 7.99. The molecule has 2 amide bonds. The van der Waals surface area contributed by atoms with Crippen LogP contribution in [0.4, 0.5) is 4.79 Å². The molecule has 0 aliphatic carbocycles. The fourth-order valence-corrected chi connectivity index (χ4v) is 3.77. The average Bonchev–Trinajstić information content (AvgIpc) is 3.12. The van der Waals surface area contributed by atoms with E-state index in [4.69, 9.17) is 9.15 Å². The van der Waals surface area contributed by atoms with Crippen LogP contribution in [0.1, 0.15) is 30.2 Å². The molecule has 1 atom stereocenters. The van der Waals surface area contributed by atoms with Gasteiger partial charge in [-0.2, -0.15) is 0 Å². The van der Waals surface area contributed by atoms with Crippen LogP contribution in [0.25, 0.3) is 0 Å². The minimum atomic E-state index is -0.118. The van der Waals surface area contributed by atoms with Crippen molar-refractivity contribution in [1.29, 1.82) is 0 Å². The Morgan fingerprint density at radius 2 is 2.21 bits per heavy atom. The highest BCUT2D eigenvalue weighted by Gasteiger charge is 2.21. The van der Waals surface area contributed by atoms with Crippen LogP contribution in [0.2, 0.25) is 0 Å². The first kappa shape index (κ1) is 16.9. The normalized spacial score (nSPS) is 16.4. The second-order valence-corrected chi connectivity index (χ2v) is 6.75. The van der Waals surface area contributed by atoms with Crippen molar-refractivity contribution in [1.82, 2.24) is 10.6 Å². The van der Waals surface area contributed by atoms with Gasteiger partial charge in [0.2, 0.25) is 0 Å². The Morgan fingerprint density at radius 3 is 3.08 bits per heavy atom. The van der Waals surface area contributed by atoms with Gasteiger partial charge < -0.3 is 19.8 Å². The van der Waals surface area contributed by atoms with E-state index >= 15 is 0 Å². The van der Waals surface area contributed by atoms with E-state index in [1.165, 1.54) is 10.5 Å². The molecule has 128 valence electrons. The van der Waals surface area contributed by atoms with Crippen LogP contribution in [0.15, 0.2) is 52.0 Å². The first-order valence-electron chi connectivity index (χ1n) is 8.19. The third kappa shape index (κ3) is 4.79. The molecule has 6 heteroatoms. The molecule has 2 aromatic rings. The lowest BCUT2D eigenvalue weighted by molar-refractivity contribution is 0.104. The number of thioether (sulfide) groups is 1. The number of urea groups is 1. The number of fused-ring (bicyclic) bond motifs is 1. The lowest BCUT2D eigenvalue weighted by Crippen LogP contribution is -2.39. The van der Waals surface area contributed by atoms with Crippen LogP contribution in [0.3, 0.4) is 0 Å². The Kier molecular flexibility index (Phi) is 6.20. The van der Waals surface area contributed by atoms with E-state index in [1.807, 2.05) is 36.0 Å². The molecule has 0 unspecified atom stereocenters. The summed E-state index contributed by atoms with van der Waals surface area (Å²) in [6, 6.07) is 12.0. The maximum Gasteiger partial charge on any atom is 0.315 e. The molecule has 0 spiro atoms. The number of hydrogen-bond donors (Lipinski definition) is 2. The first-order valence-corrected chi connectivity index (χ1v) is 9.18. The predicted molar refractivity (Wildman–Crippen MR) is 94.0 cm³/mol. The van der Waals surface area contributed by atoms with Gasteiger partial charge in [-0.15, -0.1) is 11.8 Å². The largest absolute Gasteiger partial charge is 0.467 e. The molecule has 24 heavy (non-hydrogen) atoms. The third-order valence-electron chi connectivity index (χ3n) is 3.84. The fourth-order valence-electron chi connectivity index (χ4n) is 2.64. The van der Waals surface area contributed by atoms with Crippen molar-refractivity contribution < 1.29 is 13.9 Å². The van der Waals surface area contributed by atoms with Gasteiger partial charge in [0.1, 0.15) is 12.4 Å². The molecule has 5 nitrogen and oxygen atoms in total. The number of nitrogens with one attached hydrogen (secondary N) is 2. The van der Waals surface area contributed by atoms with Crippen LogP contribution in [0, 0.1) is 0 Å². The van der Waals surface area contributed by atoms with Crippen LogP contribution in [-0.4, -0.2) is 24.9 Å². The minimum absolute atomic E-state index is 0.0950. The number of carbonyl (C=O) groups excluding carboxylic acids is 1. The van der Waals surface area contributed by atoms with E-state index in [-0.39, 0.29) is 12.1 Å². The summed E-state index contributed by atoms with van der Waals surface area (Å²) < 4.78 is 10.7. The summed E-state index contributed by atoms with van der Waals surface area (Å²) in [6.07, 6.45) is 3.36. The van der Waals surface area contributed by atoms with Gasteiger partial charge in [0, 0.05) is 23.8 Å². The number of amides is 2. The van der Waals surface area contributed by atoms with Crippen molar-refractivity contribution in [3.63, 3.8) is 0 Å². The molecule has 2 N–H and O–H groups in total. The summed E-state index contributed by atoms with van der Waals surface area (Å²) >= 11 is 1.85. The highest BCUT2D eigenvalue weighted by atomic mass is 32.2. The van der Waals surface area contributed by atoms with Gasteiger partial charge in [-0.25, -0.2) is 4.79 Å². The number of benzene rings is 1. The molecule has 3 rings (SSSR count). The Balaban J connectivity index is 1.33. The van der Waals surface area contributed by atoms with E-state index in [0.29, 0.717) is 19.8 Å². The SMILES string of the molecule is O=C(NCCCOCc1ccco1)N[C@H]1CCSc2ccccc21. The zero-order chi connectivity index (χ0) is 16.6. The smallest absolute Gasteiger partial charge is 0.315 e. The van der Waals surface area contributed by atoms with Crippen molar-refractivity contribution in [3.05, 3.63) is 54.0 Å². The summed E-state index contributed by atoms with van der Waals surface area (Å²) in [5.74, 6) is 1.84. The predicted octanol–water partition coefficient (Wildman–Crippen LogP) is 3.72. The molecular formula is C18H22N2O3S. The second-order valence-electron chi connectivity index (χ2n) is 5.61. The third-order valence-corrected chi connectivity index (χ3v) is 4.96. The molecule has 0 fully saturated rings. The van der Waals surface area contributed by atoms with Crippen molar-refractivity contribution in [2.75, 3.05) is 18.9 Å². The minimum Gasteiger partial charge on any atom is -0.467 e. The van der Waals surface area contributed by atoms with Crippen LogP contribution in [0.5, 0.6) is 0 Å². The quantitative estimate of drug-likeness (QED) is 0.750. The van der Waals surface area contributed by atoms with Gasteiger partial charge in [0.05, 0.1) is 12.3 Å². The van der Waals surface area contributed by atoms with E-state index in [1.54, 1.807) is 6.26 Å². The highest BCUT2D eigenvalue weighted by Crippen LogP contribution is 2.35. The molecule has 1 aromatic carbocycles. The lowest BCUT2D eigenvalue weighted by atomic mass is 10.0. The summed E-state index contributed by atoms with van der Waals surface area (Å²) in [4.78, 5) is 13.3. The lowest BCUT2D eigenvalue weighted by Gasteiger charge is -2.25. The fraction of sp³-hybridized carbons (Fsp3) is 0.389. The van der Waals surface area contributed by atoms with Crippen LogP contribution in [-0.2, 0) is 11.3 Å². The van der Waals surface area contributed by atoms with Crippen molar-refractivity contribution in [2.45, 2.75) is 30.4 Å². The van der Waals surface area contributed by atoms with Crippen LogP contribution < -0.4 is 10.6 Å². The number of ether oxygens (including phenoxy) is 1. The van der Waals surface area contributed by atoms with Gasteiger partial charge in [-0.3, -0.25) is 0 Å². The Labute approximate surface area is 146 Å². The monoisotopic (exact) mass is 346 g/mol. The maximum absolute atomic E-state index is 12.1. The second kappa shape index (κ2) is 8.80. The summed E-state index contributed by atoms with van der Waals surface area (Å²) in [5.41, 5.74) is 1.21. The van der Waals surface area contributed by atoms with E-state index in [9.17, 15) is 4.79 Å². The molecular weight excluding hydrogens is 324 g/mol. The molecule has 0 saturated heterocycles. The number of rotatable bonds is 7. The van der Waals surface area contributed by atoms with Gasteiger partial charge in [0.25, 0.3) is 0 Å².